The van der Waals surface area contributed by atoms with Gasteiger partial charge >= 0.3 is 5.97 Å². The second kappa shape index (κ2) is 9.33. The first-order valence-electron chi connectivity index (χ1n) is 5.40. The molecule has 0 radical (unpaired) electrons. The first kappa shape index (κ1) is 15.1. The number of aliphatic hydroxyl groups is 1. The molecular formula is C11H21NO4. The van der Waals surface area contributed by atoms with Crippen molar-refractivity contribution in [3.05, 3.63) is 11.6 Å². The minimum absolute atomic E-state index is 0.0616. The van der Waals surface area contributed by atoms with Crippen LogP contribution >= 0.6 is 0 Å². The first-order chi connectivity index (χ1) is 7.65. The zero-order chi connectivity index (χ0) is 12.4. The Labute approximate surface area is 96.3 Å². The monoisotopic (exact) mass is 231 g/mol. The molecule has 0 aliphatic rings. The molecule has 0 saturated heterocycles. The molecule has 2 N–H and O–H groups in total. The lowest BCUT2D eigenvalue weighted by Crippen LogP contribution is -2.30. The molecule has 5 nitrogen and oxygen atoms in total. The van der Waals surface area contributed by atoms with Crippen LogP contribution in [0.5, 0.6) is 0 Å². The van der Waals surface area contributed by atoms with Gasteiger partial charge < -0.3 is 14.9 Å². The summed E-state index contributed by atoms with van der Waals surface area (Å²) in [7, 11) is 1.61. The number of carbonyl (C=O) groups is 1. The van der Waals surface area contributed by atoms with Crippen molar-refractivity contribution in [1.29, 1.82) is 0 Å². The number of nitrogens with zero attached hydrogens (tertiary/aromatic N) is 1. The summed E-state index contributed by atoms with van der Waals surface area (Å²) >= 11 is 0. The molecule has 0 aromatic heterocycles. The molecule has 0 saturated carbocycles. The molecule has 94 valence electrons. The summed E-state index contributed by atoms with van der Waals surface area (Å²) in [6.07, 6.45) is 2.19. The number of rotatable bonds is 9. The maximum absolute atomic E-state index is 10.8. The highest BCUT2D eigenvalue weighted by molar-refractivity contribution is 5.86. The molecule has 0 aliphatic carbocycles. The Morgan fingerprint density at radius 1 is 1.44 bits per heavy atom. The Morgan fingerprint density at radius 2 is 2.12 bits per heavy atom. The maximum atomic E-state index is 10.8. The summed E-state index contributed by atoms with van der Waals surface area (Å²) in [4.78, 5) is 12.7. The lowest BCUT2D eigenvalue weighted by Gasteiger charge is -2.19. The van der Waals surface area contributed by atoms with Crippen LogP contribution in [-0.2, 0) is 9.53 Å². The van der Waals surface area contributed by atoms with Crippen molar-refractivity contribution in [2.24, 2.45) is 0 Å². The first-order valence-corrected chi connectivity index (χ1v) is 5.40. The van der Waals surface area contributed by atoms with E-state index in [1.807, 2.05) is 11.8 Å². The van der Waals surface area contributed by atoms with Crippen molar-refractivity contribution in [2.45, 2.75) is 13.3 Å². The van der Waals surface area contributed by atoms with Gasteiger partial charge in [0.1, 0.15) is 0 Å². The van der Waals surface area contributed by atoms with Crippen LogP contribution in [0.3, 0.4) is 0 Å². The minimum Gasteiger partial charge on any atom is -0.478 e. The van der Waals surface area contributed by atoms with Crippen molar-refractivity contribution in [2.75, 3.05) is 40.0 Å². The van der Waals surface area contributed by atoms with Gasteiger partial charge in [0.25, 0.3) is 0 Å². The largest absolute Gasteiger partial charge is 0.478 e. The number of aliphatic hydroxyl groups excluding tert-OH is 1. The SMILES string of the molecule is CCC(=CCN(CCO)CCOC)C(=O)O. The Kier molecular flexibility index (Phi) is 8.80. The molecule has 0 aromatic rings. The number of hydrogen-bond acceptors (Lipinski definition) is 4. The lowest BCUT2D eigenvalue weighted by atomic mass is 10.2. The molecule has 0 aromatic carbocycles. The van der Waals surface area contributed by atoms with Crippen LogP contribution in [0.25, 0.3) is 0 Å². The van der Waals surface area contributed by atoms with Gasteiger partial charge in [-0.3, -0.25) is 4.90 Å². The van der Waals surface area contributed by atoms with Gasteiger partial charge in [-0.1, -0.05) is 13.0 Å². The van der Waals surface area contributed by atoms with E-state index < -0.39 is 5.97 Å². The topological polar surface area (TPSA) is 70.0 Å². The zero-order valence-electron chi connectivity index (χ0n) is 9.98. The summed E-state index contributed by atoms with van der Waals surface area (Å²) < 4.78 is 4.94. The molecular weight excluding hydrogens is 210 g/mol. The van der Waals surface area contributed by atoms with Crippen LogP contribution in [0.1, 0.15) is 13.3 Å². The smallest absolute Gasteiger partial charge is 0.331 e. The third kappa shape index (κ3) is 6.55. The van der Waals surface area contributed by atoms with E-state index in [2.05, 4.69) is 0 Å². The summed E-state index contributed by atoms with van der Waals surface area (Å²) in [5.74, 6) is -0.877. The standard InChI is InChI=1S/C11H21NO4/c1-3-10(11(14)15)4-5-12(6-8-13)7-9-16-2/h4,13H,3,5-9H2,1-2H3,(H,14,15). The number of carboxylic acid groups (broad SMARTS) is 1. The van der Waals surface area contributed by atoms with Gasteiger partial charge in [0.15, 0.2) is 0 Å². The fourth-order valence-corrected chi connectivity index (χ4v) is 1.28. The van der Waals surface area contributed by atoms with E-state index in [0.717, 1.165) is 0 Å². The molecule has 0 fully saturated rings. The molecule has 0 bridgehead atoms. The van der Waals surface area contributed by atoms with Crippen LogP contribution in [0.4, 0.5) is 0 Å². The van der Waals surface area contributed by atoms with Crippen LogP contribution in [0.2, 0.25) is 0 Å². The fourth-order valence-electron chi connectivity index (χ4n) is 1.28. The van der Waals surface area contributed by atoms with Gasteiger partial charge in [-0.2, -0.15) is 0 Å². The predicted molar refractivity (Wildman–Crippen MR) is 61.4 cm³/mol. The summed E-state index contributed by atoms with van der Waals surface area (Å²) in [6.45, 7) is 4.18. The van der Waals surface area contributed by atoms with Crippen molar-refractivity contribution >= 4 is 5.97 Å². The van der Waals surface area contributed by atoms with Gasteiger partial charge in [-0.15, -0.1) is 0 Å². The molecule has 0 amide bonds. The molecule has 0 spiro atoms. The quantitative estimate of drug-likeness (QED) is 0.560. The molecule has 0 unspecified atom stereocenters. The Balaban J connectivity index is 4.20. The van der Waals surface area contributed by atoms with Gasteiger partial charge in [-0.25, -0.2) is 4.79 Å². The summed E-state index contributed by atoms with van der Waals surface area (Å²) in [5.41, 5.74) is 0.403. The summed E-state index contributed by atoms with van der Waals surface area (Å²) in [6, 6.07) is 0. The average Bonchev–Trinajstić information content (AvgIpc) is 2.26. The molecule has 0 heterocycles. The Bertz CT molecular complexity index is 228. The fraction of sp³-hybridized carbons (Fsp3) is 0.727. The lowest BCUT2D eigenvalue weighted by molar-refractivity contribution is -0.132. The number of ether oxygens (including phenoxy) is 1. The van der Waals surface area contributed by atoms with Gasteiger partial charge in [0.2, 0.25) is 0 Å². The van der Waals surface area contributed by atoms with E-state index in [4.69, 9.17) is 14.9 Å². The van der Waals surface area contributed by atoms with E-state index in [0.29, 0.717) is 38.2 Å². The molecule has 16 heavy (non-hydrogen) atoms. The van der Waals surface area contributed by atoms with E-state index >= 15 is 0 Å². The van der Waals surface area contributed by atoms with Crippen LogP contribution in [-0.4, -0.2) is 61.0 Å². The summed E-state index contributed by atoms with van der Waals surface area (Å²) in [5, 5.41) is 17.7. The van der Waals surface area contributed by atoms with Gasteiger partial charge in [-0.05, 0) is 6.42 Å². The van der Waals surface area contributed by atoms with Crippen molar-refractivity contribution in [3.8, 4) is 0 Å². The van der Waals surface area contributed by atoms with Gasteiger partial charge in [0, 0.05) is 32.3 Å². The Morgan fingerprint density at radius 3 is 2.56 bits per heavy atom. The highest BCUT2D eigenvalue weighted by atomic mass is 16.5. The normalized spacial score (nSPS) is 12.1. The van der Waals surface area contributed by atoms with E-state index in [9.17, 15) is 4.79 Å². The molecule has 0 aliphatic heterocycles. The number of aliphatic carboxylic acids is 1. The van der Waals surface area contributed by atoms with Crippen LogP contribution in [0, 0.1) is 0 Å². The van der Waals surface area contributed by atoms with Crippen molar-refractivity contribution in [3.63, 3.8) is 0 Å². The van der Waals surface area contributed by atoms with Crippen LogP contribution in [0.15, 0.2) is 11.6 Å². The van der Waals surface area contributed by atoms with Gasteiger partial charge in [0.05, 0.1) is 13.2 Å². The average molecular weight is 231 g/mol. The van der Waals surface area contributed by atoms with E-state index in [-0.39, 0.29) is 6.61 Å². The third-order valence-corrected chi connectivity index (χ3v) is 2.28. The van der Waals surface area contributed by atoms with E-state index in [1.165, 1.54) is 0 Å². The number of carboxylic acids is 1. The Hall–Kier alpha value is -0.910. The van der Waals surface area contributed by atoms with Crippen molar-refractivity contribution < 1.29 is 19.7 Å². The second-order valence-corrected chi connectivity index (χ2v) is 3.41. The maximum Gasteiger partial charge on any atom is 0.331 e. The number of methoxy groups -OCH3 is 1. The number of hydrogen-bond donors (Lipinski definition) is 2. The highest BCUT2D eigenvalue weighted by Gasteiger charge is 2.06. The third-order valence-electron chi connectivity index (χ3n) is 2.28. The molecule has 0 atom stereocenters. The predicted octanol–water partition coefficient (Wildman–Crippen LogP) is 0.348. The van der Waals surface area contributed by atoms with Crippen LogP contribution < -0.4 is 0 Å². The molecule has 5 heteroatoms. The van der Waals surface area contributed by atoms with Crippen molar-refractivity contribution in [1.82, 2.24) is 4.90 Å². The highest BCUT2D eigenvalue weighted by Crippen LogP contribution is 2.01. The second-order valence-electron chi connectivity index (χ2n) is 3.41. The zero-order valence-corrected chi connectivity index (χ0v) is 9.98. The minimum atomic E-state index is -0.877. The molecule has 0 rings (SSSR count). The van der Waals surface area contributed by atoms with E-state index in [1.54, 1.807) is 13.2 Å².